The van der Waals surface area contributed by atoms with Crippen LogP contribution in [0, 0.1) is 0 Å². The second-order valence-electron chi connectivity index (χ2n) is 6.15. The molecule has 0 saturated carbocycles. The summed E-state index contributed by atoms with van der Waals surface area (Å²) in [5.74, 6) is 0.981. The molecule has 23 heavy (non-hydrogen) atoms. The number of hydrogen-bond acceptors (Lipinski definition) is 1. The van der Waals surface area contributed by atoms with Crippen molar-refractivity contribution in [2.24, 2.45) is 0 Å². The second kappa shape index (κ2) is 9.16. The summed E-state index contributed by atoms with van der Waals surface area (Å²) >= 11 is 0. The van der Waals surface area contributed by atoms with Gasteiger partial charge in [0.2, 0.25) is 0 Å². The third kappa shape index (κ3) is 5.57. The van der Waals surface area contributed by atoms with Gasteiger partial charge < -0.3 is 10.1 Å². The van der Waals surface area contributed by atoms with Crippen LogP contribution in [0.25, 0.3) is 11.1 Å². The molecular weight excluding hydrogens is 282 g/mol. The number of hydrogen-bond donors (Lipinski definition) is 1. The van der Waals surface area contributed by atoms with Crippen molar-refractivity contribution in [2.45, 2.75) is 32.7 Å². The monoisotopic (exact) mass is 310 g/mol. The fourth-order valence-electron chi connectivity index (χ4n) is 2.56. The Balaban J connectivity index is 2.03. The number of nitrogens with two attached hydrogens (primary N) is 1. The molecule has 0 amide bonds. The van der Waals surface area contributed by atoms with E-state index < -0.39 is 0 Å². The zero-order chi connectivity index (χ0) is 16.5. The molecule has 0 aliphatic carbocycles. The van der Waals surface area contributed by atoms with Crippen LogP contribution in [-0.4, -0.2) is 19.2 Å². The van der Waals surface area contributed by atoms with Gasteiger partial charge in [-0.05, 0) is 49.1 Å². The molecule has 0 radical (unpaired) electrons. The van der Waals surface area contributed by atoms with Gasteiger partial charge >= 0.3 is 0 Å². The maximum Gasteiger partial charge on any atom is 0.122 e. The second-order valence-corrected chi connectivity index (χ2v) is 6.15. The van der Waals surface area contributed by atoms with E-state index in [0.29, 0.717) is 6.04 Å². The van der Waals surface area contributed by atoms with Gasteiger partial charge in [0.25, 0.3) is 0 Å². The van der Waals surface area contributed by atoms with Gasteiger partial charge in [0.05, 0.1) is 19.2 Å². The molecule has 0 saturated heterocycles. The minimum atomic E-state index is 0.650. The van der Waals surface area contributed by atoms with Crippen molar-refractivity contribution in [3.8, 4) is 16.9 Å². The normalized spacial score (nSPS) is 10.7. The number of rotatable bonds is 9. The van der Waals surface area contributed by atoms with Gasteiger partial charge in [-0.2, -0.15) is 0 Å². The van der Waals surface area contributed by atoms with Crippen molar-refractivity contribution in [3.05, 3.63) is 66.7 Å². The summed E-state index contributed by atoms with van der Waals surface area (Å²) in [6, 6.07) is 17.5. The summed E-state index contributed by atoms with van der Waals surface area (Å²) in [5.41, 5.74) is 3.66. The molecule has 0 atom stereocenters. The molecule has 0 heterocycles. The molecule has 2 aromatic rings. The summed E-state index contributed by atoms with van der Waals surface area (Å²) in [4.78, 5) is 0. The minimum Gasteiger partial charge on any atom is -0.493 e. The van der Waals surface area contributed by atoms with Crippen molar-refractivity contribution in [3.63, 3.8) is 0 Å². The third-order valence-corrected chi connectivity index (χ3v) is 3.78. The summed E-state index contributed by atoms with van der Waals surface area (Å²) in [6.07, 6.45) is 3.82. The first kappa shape index (κ1) is 17.3. The molecule has 0 fully saturated rings. The molecule has 2 aromatic carbocycles. The number of ether oxygens (including phenoxy) is 1. The Kier molecular flexibility index (Phi) is 6.89. The molecule has 2 nitrogen and oxygen atoms in total. The van der Waals surface area contributed by atoms with E-state index in [4.69, 9.17) is 4.74 Å². The zero-order valence-corrected chi connectivity index (χ0v) is 14.3. The predicted molar refractivity (Wildman–Crippen MR) is 97.8 cm³/mol. The van der Waals surface area contributed by atoms with Gasteiger partial charge in [0.15, 0.2) is 0 Å². The topological polar surface area (TPSA) is 25.8 Å². The lowest BCUT2D eigenvalue weighted by molar-refractivity contribution is -0.683. The molecule has 0 aromatic heterocycles. The van der Waals surface area contributed by atoms with Crippen LogP contribution in [0.5, 0.6) is 5.75 Å². The lowest BCUT2D eigenvalue weighted by atomic mass is 10.0. The van der Waals surface area contributed by atoms with Crippen molar-refractivity contribution in [1.82, 2.24) is 0 Å². The van der Waals surface area contributed by atoms with Crippen LogP contribution < -0.4 is 10.1 Å². The highest BCUT2D eigenvalue weighted by Crippen LogP contribution is 2.27. The van der Waals surface area contributed by atoms with E-state index in [1.807, 2.05) is 12.1 Å². The Hall–Kier alpha value is -2.06. The van der Waals surface area contributed by atoms with Crippen molar-refractivity contribution in [1.29, 1.82) is 0 Å². The highest BCUT2D eigenvalue weighted by molar-refractivity contribution is 5.65. The number of benzene rings is 2. The Morgan fingerprint density at radius 1 is 1.09 bits per heavy atom. The van der Waals surface area contributed by atoms with Crippen LogP contribution in [0.3, 0.4) is 0 Å². The lowest BCUT2D eigenvalue weighted by Crippen LogP contribution is -2.88. The Bertz CT molecular complexity index is 604. The summed E-state index contributed by atoms with van der Waals surface area (Å²) < 4.78 is 5.99. The summed E-state index contributed by atoms with van der Waals surface area (Å²) in [5, 5.41) is 2.34. The van der Waals surface area contributed by atoms with E-state index >= 15 is 0 Å². The molecule has 122 valence electrons. The van der Waals surface area contributed by atoms with E-state index in [2.05, 4.69) is 68.2 Å². The average molecular weight is 310 g/mol. The van der Waals surface area contributed by atoms with E-state index in [-0.39, 0.29) is 0 Å². The molecule has 0 aliphatic rings. The predicted octanol–water partition coefficient (Wildman–Crippen LogP) is 3.82. The highest BCUT2D eigenvalue weighted by atomic mass is 16.5. The molecule has 0 unspecified atom stereocenters. The van der Waals surface area contributed by atoms with Crippen LogP contribution in [0.1, 0.15) is 25.8 Å². The molecular formula is C21H28NO+. The molecule has 2 heteroatoms. The Morgan fingerprint density at radius 3 is 2.57 bits per heavy atom. The SMILES string of the molecule is C=CCc1cc(-c2ccccc2)ccc1OCCC[NH2+]C(C)C. The smallest absolute Gasteiger partial charge is 0.122 e. The first-order valence-electron chi connectivity index (χ1n) is 8.46. The summed E-state index contributed by atoms with van der Waals surface area (Å²) in [7, 11) is 0. The quantitative estimate of drug-likeness (QED) is 0.553. The standard InChI is InChI=1S/C21H27NO/c1-4-9-20-16-19(18-10-6-5-7-11-18)12-13-21(20)23-15-8-14-22-17(2)3/h4-7,10-13,16-17,22H,1,8-9,14-15H2,2-3H3/p+1. The van der Waals surface area contributed by atoms with Crippen LogP contribution in [0.2, 0.25) is 0 Å². The first-order chi connectivity index (χ1) is 11.2. The number of allylic oxidation sites excluding steroid dienone is 1. The molecule has 0 bridgehead atoms. The molecule has 2 N–H and O–H groups in total. The molecule has 0 spiro atoms. The van der Waals surface area contributed by atoms with Gasteiger partial charge in [-0.25, -0.2) is 0 Å². The first-order valence-corrected chi connectivity index (χ1v) is 8.46. The van der Waals surface area contributed by atoms with Gasteiger partial charge in [0.1, 0.15) is 5.75 Å². The maximum absolute atomic E-state index is 5.99. The zero-order valence-electron chi connectivity index (χ0n) is 14.3. The summed E-state index contributed by atoms with van der Waals surface area (Å²) in [6.45, 7) is 10.2. The third-order valence-electron chi connectivity index (χ3n) is 3.78. The fraction of sp³-hybridized carbons (Fsp3) is 0.333. The van der Waals surface area contributed by atoms with Gasteiger partial charge in [0, 0.05) is 6.42 Å². The van der Waals surface area contributed by atoms with E-state index in [1.54, 1.807) is 0 Å². The van der Waals surface area contributed by atoms with Crippen molar-refractivity contribution < 1.29 is 10.1 Å². The van der Waals surface area contributed by atoms with E-state index in [9.17, 15) is 0 Å². The van der Waals surface area contributed by atoms with Gasteiger partial charge in [-0.1, -0.05) is 42.5 Å². The minimum absolute atomic E-state index is 0.650. The van der Waals surface area contributed by atoms with E-state index in [1.165, 1.54) is 16.7 Å². The average Bonchev–Trinajstić information content (AvgIpc) is 2.56. The largest absolute Gasteiger partial charge is 0.493 e. The van der Waals surface area contributed by atoms with Crippen LogP contribution in [0.15, 0.2) is 61.2 Å². The van der Waals surface area contributed by atoms with Crippen LogP contribution in [0.4, 0.5) is 0 Å². The fourth-order valence-corrected chi connectivity index (χ4v) is 2.56. The molecule has 0 aliphatic heterocycles. The molecule has 2 rings (SSSR count). The maximum atomic E-state index is 5.99. The van der Waals surface area contributed by atoms with Gasteiger partial charge in [-0.15, -0.1) is 6.58 Å². The van der Waals surface area contributed by atoms with Gasteiger partial charge in [-0.3, -0.25) is 0 Å². The Morgan fingerprint density at radius 2 is 1.87 bits per heavy atom. The van der Waals surface area contributed by atoms with Crippen LogP contribution >= 0.6 is 0 Å². The highest BCUT2D eigenvalue weighted by Gasteiger charge is 2.06. The lowest BCUT2D eigenvalue weighted by Gasteiger charge is -2.13. The van der Waals surface area contributed by atoms with Crippen LogP contribution in [-0.2, 0) is 6.42 Å². The number of quaternary nitrogens is 1. The Labute approximate surface area is 140 Å². The van der Waals surface area contributed by atoms with Crippen molar-refractivity contribution >= 4 is 0 Å². The van der Waals surface area contributed by atoms with E-state index in [0.717, 1.165) is 31.7 Å². The van der Waals surface area contributed by atoms with Crippen molar-refractivity contribution in [2.75, 3.05) is 13.2 Å².